The van der Waals surface area contributed by atoms with Gasteiger partial charge >= 0.3 is 0 Å². The van der Waals surface area contributed by atoms with Gasteiger partial charge in [0.05, 0.1) is 0 Å². The number of nitrogens with zero attached hydrogens (tertiary/aromatic N) is 5. The summed E-state index contributed by atoms with van der Waals surface area (Å²) in [6, 6.07) is 9.64. The van der Waals surface area contributed by atoms with Crippen LogP contribution in [-0.4, -0.2) is 65.7 Å². The maximum Gasteiger partial charge on any atom is 0.248 e. The van der Waals surface area contributed by atoms with Gasteiger partial charge in [-0.05, 0) is 26.0 Å². The fraction of sp³-hybridized carbons (Fsp3) is 0.421. The number of aryl methyl sites for hydroxylation is 2. The van der Waals surface area contributed by atoms with Gasteiger partial charge in [0.2, 0.25) is 21.8 Å². The topological polar surface area (TPSA) is 106 Å². The summed E-state index contributed by atoms with van der Waals surface area (Å²) < 4.78 is 38.0. The van der Waals surface area contributed by atoms with Gasteiger partial charge in [0, 0.05) is 44.7 Å². The summed E-state index contributed by atoms with van der Waals surface area (Å²) in [7, 11) is -3.59. The van der Waals surface area contributed by atoms with Crippen molar-refractivity contribution in [3.8, 4) is 11.5 Å². The SMILES string of the molecule is Cc1noc(C)c1S(=O)(=O)N1CCN(CCc2nnc(-c3ccccc3)o2)CC1. The molecule has 0 radical (unpaired) electrons. The third kappa shape index (κ3) is 4.09. The summed E-state index contributed by atoms with van der Waals surface area (Å²) in [6.07, 6.45) is 0.621. The van der Waals surface area contributed by atoms with Crippen LogP contribution in [0.15, 0.2) is 44.2 Å². The highest BCUT2D eigenvalue weighted by atomic mass is 32.2. The predicted molar refractivity (Wildman–Crippen MR) is 105 cm³/mol. The van der Waals surface area contributed by atoms with E-state index in [0.29, 0.717) is 55.8 Å². The van der Waals surface area contributed by atoms with Crippen LogP contribution in [0.3, 0.4) is 0 Å². The number of sulfonamides is 1. The molecule has 1 aliphatic heterocycles. The first kappa shape index (κ1) is 19.7. The molecule has 2 aromatic heterocycles. The zero-order chi connectivity index (χ0) is 20.4. The van der Waals surface area contributed by atoms with Gasteiger partial charge in [0.1, 0.15) is 10.6 Å². The molecule has 0 bridgehead atoms. The molecule has 10 heteroatoms. The Morgan fingerprint density at radius 1 is 1.03 bits per heavy atom. The molecule has 1 fully saturated rings. The third-order valence-corrected chi connectivity index (χ3v) is 7.17. The van der Waals surface area contributed by atoms with Crippen molar-refractivity contribution in [3.05, 3.63) is 47.7 Å². The van der Waals surface area contributed by atoms with Crippen molar-refractivity contribution in [1.82, 2.24) is 24.6 Å². The van der Waals surface area contributed by atoms with Gasteiger partial charge in [-0.3, -0.25) is 0 Å². The van der Waals surface area contributed by atoms with E-state index in [1.165, 1.54) is 4.31 Å². The molecule has 29 heavy (non-hydrogen) atoms. The third-order valence-electron chi connectivity index (χ3n) is 5.03. The molecule has 0 amide bonds. The summed E-state index contributed by atoms with van der Waals surface area (Å²) in [5, 5.41) is 12.0. The standard InChI is InChI=1S/C19H23N5O4S/c1-14-18(15(2)28-22-14)29(25,26)24-12-10-23(11-13-24)9-8-17-20-21-19(27-17)16-6-4-3-5-7-16/h3-7H,8-13H2,1-2H3. The van der Waals surface area contributed by atoms with E-state index in [2.05, 4.69) is 20.3 Å². The Morgan fingerprint density at radius 3 is 2.41 bits per heavy atom. The average molecular weight is 417 g/mol. The van der Waals surface area contributed by atoms with Crippen LogP contribution < -0.4 is 0 Å². The lowest BCUT2D eigenvalue weighted by Gasteiger charge is -2.33. The van der Waals surface area contributed by atoms with Gasteiger partial charge in [0.25, 0.3) is 0 Å². The van der Waals surface area contributed by atoms with Gasteiger partial charge < -0.3 is 13.8 Å². The first-order chi connectivity index (χ1) is 13.9. The van der Waals surface area contributed by atoms with Crippen LogP contribution in [0.5, 0.6) is 0 Å². The molecule has 0 atom stereocenters. The Morgan fingerprint density at radius 2 is 1.76 bits per heavy atom. The molecule has 0 N–H and O–H groups in total. The summed E-state index contributed by atoms with van der Waals surface area (Å²) in [6.45, 7) is 6.13. The Hall–Kier alpha value is -2.56. The highest BCUT2D eigenvalue weighted by Crippen LogP contribution is 2.24. The summed E-state index contributed by atoms with van der Waals surface area (Å²) in [5.74, 6) is 1.42. The largest absolute Gasteiger partial charge is 0.421 e. The van der Waals surface area contributed by atoms with E-state index in [1.807, 2.05) is 30.3 Å². The van der Waals surface area contributed by atoms with Gasteiger partial charge in [-0.25, -0.2) is 8.42 Å². The van der Waals surface area contributed by atoms with E-state index in [4.69, 9.17) is 8.94 Å². The van der Waals surface area contributed by atoms with Crippen LogP contribution in [0.4, 0.5) is 0 Å². The molecular weight excluding hydrogens is 394 g/mol. The second-order valence-corrected chi connectivity index (χ2v) is 8.89. The fourth-order valence-corrected chi connectivity index (χ4v) is 5.18. The lowest BCUT2D eigenvalue weighted by Crippen LogP contribution is -2.49. The van der Waals surface area contributed by atoms with Crippen LogP contribution >= 0.6 is 0 Å². The van der Waals surface area contributed by atoms with Crippen molar-refractivity contribution in [2.45, 2.75) is 25.2 Å². The van der Waals surface area contributed by atoms with Crippen molar-refractivity contribution in [1.29, 1.82) is 0 Å². The van der Waals surface area contributed by atoms with E-state index < -0.39 is 10.0 Å². The number of aromatic nitrogens is 3. The van der Waals surface area contributed by atoms with E-state index >= 15 is 0 Å². The molecule has 1 aliphatic rings. The number of hydrogen-bond donors (Lipinski definition) is 0. The minimum atomic E-state index is -3.59. The first-order valence-corrected chi connectivity index (χ1v) is 10.9. The first-order valence-electron chi connectivity index (χ1n) is 9.48. The maximum atomic E-state index is 12.9. The summed E-state index contributed by atoms with van der Waals surface area (Å²) in [4.78, 5) is 2.39. The molecule has 1 saturated heterocycles. The molecule has 0 aliphatic carbocycles. The fourth-order valence-electron chi connectivity index (χ4n) is 3.47. The zero-order valence-corrected chi connectivity index (χ0v) is 17.2. The van der Waals surface area contributed by atoms with Crippen LogP contribution in [0, 0.1) is 13.8 Å². The van der Waals surface area contributed by atoms with Crippen LogP contribution in [0.1, 0.15) is 17.3 Å². The van der Waals surface area contributed by atoms with Crippen LogP contribution in [-0.2, 0) is 16.4 Å². The van der Waals surface area contributed by atoms with Crippen molar-refractivity contribution >= 4 is 10.0 Å². The van der Waals surface area contributed by atoms with E-state index in [9.17, 15) is 8.42 Å². The molecule has 9 nitrogen and oxygen atoms in total. The summed E-state index contributed by atoms with van der Waals surface area (Å²) in [5.41, 5.74) is 1.29. The van der Waals surface area contributed by atoms with Gasteiger partial charge in [0.15, 0.2) is 5.76 Å². The second kappa shape index (κ2) is 8.05. The lowest BCUT2D eigenvalue weighted by molar-refractivity contribution is 0.187. The molecule has 1 aromatic carbocycles. The van der Waals surface area contributed by atoms with E-state index in [1.54, 1.807) is 13.8 Å². The van der Waals surface area contributed by atoms with E-state index in [0.717, 1.165) is 12.1 Å². The van der Waals surface area contributed by atoms with Gasteiger partial charge in [-0.15, -0.1) is 10.2 Å². The van der Waals surface area contributed by atoms with Gasteiger partial charge in [-0.1, -0.05) is 23.4 Å². The number of benzene rings is 1. The Balaban J connectivity index is 1.32. The van der Waals surface area contributed by atoms with Gasteiger partial charge in [-0.2, -0.15) is 4.31 Å². The van der Waals surface area contributed by atoms with Crippen LogP contribution in [0.2, 0.25) is 0 Å². The molecular formula is C19H23N5O4S. The lowest BCUT2D eigenvalue weighted by atomic mass is 10.2. The minimum Gasteiger partial charge on any atom is -0.421 e. The Kier molecular flexibility index (Phi) is 5.48. The van der Waals surface area contributed by atoms with Crippen molar-refractivity contribution in [3.63, 3.8) is 0 Å². The van der Waals surface area contributed by atoms with E-state index in [-0.39, 0.29) is 4.90 Å². The molecule has 3 heterocycles. The molecule has 0 spiro atoms. The summed E-state index contributed by atoms with van der Waals surface area (Å²) >= 11 is 0. The molecule has 0 unspecified atom stereocenters. The zero-order valence-electron chi connectivity index (χ0n) is 16.4. The predicted octanol–water partition coefficient (Wildman–Crippen LogP) is 1.89. The monoisotopic (exact) mass is 417 g/mol. The van der Waals surface area contributed by atoms with Crippen LogP contribution in [0.25, 0.3) is 11.5 Å². The normalized spacial score (nSPS) is 16.3. The highest BCUT2D eigenvalue weighted by Gasteiger charge is 2.33. The second-order valence-electron chi connectivity index (χ2n) is 7.02. The smallest absolute Gasteiger partial charge is 0.248 e. The highest BCUT2D eigenvalue weighted by molar-refractivity contribution is 7.89. The van der Waals surface area contributed by atoms with Crippen molar-refractivity contribution in [2.75, 3.05) is 32.7 Å². The Bertz CT molecular complexity index is 1050. The quantitative estimate of drug-likeness (QED) is 0.599. The molecule has 4 rings (SSSR count). The molecule has 3 aromatic rings. The molecule has 0 saturated carbocycles. The van der Waals surface area contributed by atoms with Crippen molar-refractivity contribution < 1.29 is 17.4 Å². The molecule has 154 valence electrons. The number of hydrogen-bond acceptors (Lipinski definition) is 8. The number of piperazine rings is 1. The average Bonchev–Trinajstić information content (AvgIpc) is 3.34. The minimum absolute atomic E-state index is 0.185. The Labute approximate surface area is 169 Å². The number of rotatable bonds is 6. The van der Waals surface area contributed by atoms with Crippen molar-refractivity contribution in [2.24, 2.45) is 0 Å². The maximum absolute atomic E-state index is 12.9.